The van der Waals surface area contributed by atoms with E-state index in [-0.39, 0.29) is 0 Å². The first kappa shape index (κ1) is 12.6. The van der Waals surface area contributed by atoms with E-state index in [2.05, 4.69) is 0 Å². The van der Waals surface area contributed by atoms with Crippen LogP contribution in [0, 0.1) is 0 Å². The first-order valence-corrected chi connectivity index (χ1v) is 7.61. The molecular weight excluding hydrogens is 280 g/mol. The Balaban J connectivity index is 1.81. The van der Waals surface area contributed by atoms with Crippen molar-refractivity contribution >= 4 is 29.4 Å². The van der Waals surface area contributed by atoms with E-state index >= 15 is 0 Å². The van der Waals surface area contributed by atoms with Gasteiger partial charge in [0.25, 0.3) is 0 Å². The molecule has 0 saturated carbocycles. The standard InChI is InChI=1S/C14H12O3S2/c15-9-11-3-5-14(19-11)18-10-2-4-12-13(8-10)17-7-1-6-16-12/h2-5,8-9H,1,6-7H2. The van der Waals surface area contributed by atoms with Crippen molar-refractivity contribution in [2.24, 2.45) is 0 Å². The summed E-state index contributed by atoms with van der Waals surface area (Å²) >= 11 is 3.12. The molecule has 0 spiro atoms. The molecule has 0 unspecified atom stereocenters. The van der Waals surface area contributed by atoms with Gasteiger partial charge in [-0.15, -0.1) is 11.3 Å². The Hall–Kier alpha value is -1.46. The predicted molar refractivity (Wildman–Crippen MR) is 75.9 cm³/mol. The van der Waals surface area contributed by atoms with E-state index in [9.17, 15) is 4.79 Å². The number of benzene rings is 1. The third kappa shape index (κ3) is 2.93. The number of carbonyl (C=O) groups excluding carboxylic acids is 1. The zero-order chi connectivity index (χ0) is 13.1. The number of rotatable bonds is 3. The molecule has 0 amide bonds. The predicted octanol–water partition coefficient (Wildman–Crippen LogP) is 3.87. The lowest BCUT2D eigenvalue weighted by molar-refractivity contribution is 0.112. The van der Waals surface area contributed by atoms with Crippen LogP contribution in [-0.2, 0) is 0 Å². The highest BCUT2D eigenvalue weighted by atomic mass is 32.2. The lowest BCUT2D eigenvalue weighted by atomic mass is 10.3. The Morgan fingerprint density at radius 1 is 1.11 bits per heavy atom. The summed E-state index contributed by atoms with van der Waals surface area (Å²) in [7, 11) is 0. The third-order valence-corrected chi connectivity index (χ3v) is 4.79. The molecule has 0 saturated heterocycles. The smallest absolute Gasteiger partial charge is 0.162 e. The van der Waals surface area contributed by atoms with Gasteiger partial charge in [0, 0.05) is 11.3 Å². The molecule has 2 heterocycles. The number of aldehydes is 1. The van der Waals surface area contributed by atoms with Crippen molar-refractivity contribution < 1.29 is 14.3 Å². The lowest BCUT2D eigenvalue weighted by Crippen LogP contribution is -1.97. The maximum atomic E-state index is 10.7. The maximum Gasteiger partial charge on any atom is 0.162 e. The Labute approximate surface area is 119 Å². The highest BCUT2D eigenvalue weighted by Crippen LogP contribution is 2.38. The second-order valence-electron chi connectivity index (χ2n) is 4.04. The van der Waals surface area contributed by atoms with Crippen LogP contribution in [0.4, 0.5) is 0 Å². The fourth-order valence-corrected chi connectivity index (χ4v) is 3.74. The monoisotopic (exact) mass is 292 g/mol. The van der Waals surface area contributed by atoms with Gasteiger partial charge in [0.05, 0.1) is 22.3 Å². The summed E-state index contributed by atoms with van der Waals surface area (Å²) in [6, 6.07) is 9.74. The molecule has 0 bridgehead atoms. The average Bonchev–Trinajstić information content (AvgIpc) is 2.75. The second kappa shape index (κ2) is 5.67. The first-order chi connectivity index (χ1) is 9.35. The van der Waals surface area contributed by atoms with Crippen molar-refractivity contribution in [1.29, 1.82) is 0 Å². The van der Waals surface area contributed by atoms with Crippen LogP contribution >= 0.6 is 23.1 Å². The van der Waals surface area contributed by atoms with Gasteiger partial charge in [-0.05, 0) is 30.3 Å². The molecular formula is C14H12O3S2. The largest absolute Gasteiger partial charge is 0.490 e. The van der Waals surface area contributed by atoms with Crippen LogP contribution in [0.2, 0.25) is 0 Å². The number of hydrogen-bond acceptors (Lipinski definition) is 5. The molecule has 1 aliphatic rings. The zero-order valence-corrected chi connectivity index (χ0v) is 11.8. The summed E-state index contributed by atoms with van der Waals surface area (Å²) in [4.78, 5) is 12.5. The topological polar surface area (TPSA) is 35.5 Å². The molecule has 0 fully saturated rings. The quantitative estimate of drug-likeness (QED) is 0.804. The van der Waals surface area contributed by atoms with Gasteiger partial charge in [0.1, 0.15) is 0 Å². The summed E-state index contributed by atoms with van der Waals surface area (Å²) in [5, 5.41) is 0. The van der Waals surface area contributed by atoms with Crippen LogP contribution in [0.1, 0.15) is 16.1 Å². The molecule has 19 heavy (non-hydrogen) atoms. The molecule has 5 heteroatoms. The van der Waals surface area contributed by atoms with Gasteiger partial charge < -0.3 is 9.47 Å². The third-order valence-electron chi connectivity index (χ3n) is 2.66. The van der Waals surface area contributed by atoms with Crippen LogP contribution in [0.3, 0.4) is 0 Å². The van der Waals surface area contributed by atoms with Crippen LogP contribution in [0.5, 0.6) is 11.5 Å². The summed E-state index contributed by atoms with van der Waals surface area (Å²) in [5.74, 6) is 1.61. The molecule has 0 radical (unpaired) electrons. The fourth-order valence-electron chi connectivity index (χ4n) is 1.78. The van der Waals surface area contributed by atoms with Gasteiger partial charge in [-0.2, -0.15) is 0 Å². The Morgan fingerprint density at radius 2 is 1.95 bits per heavy atom. The van der Waals surface area contributed by atoms with Gasteiger partial charge in [-0.25, -0.2) is 0 Å². The number of carbonyl (C=O) groups is 1. The Morgan fingerprint density at radius 3 is 2.74 bits per heavy atom. The molecule has 98 valence electrons. The van der Waals surface area contributed by atoms with Gasteiger partial charge in [0.15, 0.2) is 17.8 Å². The molecule has 3 rings (SSSR count). The van der Waals surface area contributed by atoms with E-state index in [4.69, 9.17) is 9.47 Å². The van der Waals surface area contributed by atoms with Crippen LogP contribution in [-0.4, -0.2) is 19.5 Å². The van der Waals surface area contributed by atoms with Crippen LogP contribution in [0.15, 0.2) is 39.4 Å². The number of fused-ring (bicyclic) bond motifs is 1. The van der Waals surface area contributed by atoms with E-state index < -0.39 is 0 Å². The SMILES string of the molecule is O=Cc1ccc(Sc2ccc3c(c2)OCCCO3)s1. The molecule has 1 aromatic carbocycles. The molecule has 3 nitrogen and oxygen atoms in total. The van der Waals surface area contributed by atoms with Crippen LogP contribution < -0.4 is 9.47 Å². The fraction of sp³-hybridized carbons (Fsp3) is 0.214. The van der Waals surface area contributed by atoms with E-state index in [0.29, 0.717) is 13.2 Å². The zero-order valence-electron chi connectivity index (χ0n) is 10.1. The van der Waals surface area contributed by atoms with Crippen molar-refractivity contribution in [3.63, 3.8) is 0 Å². The Bertz CT molecular complexity index is 592. The highest BCUT2D eigenvalue weighted by molar-refractivity contribution is 8.01. The normalized spacial score (nSPS) is 13.9. The van der Waals surface area contributed by atoms with E-state index in [1.165, 1.54) is 11.3 Å². The summed E-state index contributed by atoms with van der Waals surface area (Å²) < 4.78 is 12.4. The molecule has 0 N–H and O–H groups in total. The lowest BCUT2D eigenvalue weighted by Gasteiger charge is -2.08. The minimum atomic E-state index is 0.690. The minimum Gasteiger partial charge on any atom is -0.490 e. The van der Waals surface area contributed by atoms with E-state index in [1.54, 1.807) is 11.8 Å². The summed E-state index contributed by atoms with van der Waals surface area (Å²) in [6.45, 7) is 1.39. The Kier molecular flexibility index (Phi) is 3.75. The summed E-state index contributed by atoms with van der Waals surface area (Å²) in [6.07, 6.45) is 1.79. The van der Waals surface area contributed by atoms with Crippen molar-refractivity contribution in [3.8, 4) is 11.5 Å². The minimum absolute atomic E-state index is 0.690. The molecule has 2 aromatic rings. The first-order valence-electron chi connectivity index (χ1n) is 5.98. The average molecular weight is 292 g/mol. The van der Waals surface area contributed by atoms with Gasteiger partial charge in [0.2, 0.25) is 0 Å². The van der Waals surface area contributed by atoms with Gasteiger partial charge >= 0.3 is 0 Å². The highest BCUT2D eigenvalue weighted by Gasteiger charge is 2.11. The van der Waals surface area contributed by atoms with Gasteiger partial charge in [-0.1, -0.05) is 11.8 Å². The van der Waals surface area contributed by atoms with E-state index in [1.807, 2.05) is 30.3 Å². The number of ether oxygens (including phenoxy) is 2. The van der Waals surface area contributed by atoms with Crippen LogP contribution in [0.25, 0.3) is 0 Å². The van der Waals surface area contributed by atoms with Crippen molar-refractivity contribution in [3.05, 3.63) is 35.2 Å². The second-order valence-corrected chi connectivity index (χ2v) is 6.52. The maximum absolute atomic E-state index is 10.7. The molecule has 0 aliphatic carbocycles. The van der Waals surface area contributed by atoms with Crippen molar-refractivity contribution in [2.75, 3.05) is 13.2 Å². The molecule has 1 aromatic heterocycles. The summed E-state index contributed by atoms with van der Waals surface area (Å²) in [5.41, 5.74) is 0. The molecule has 0 atom stereocenters. The van der Waals surface area contributed by atoms with Crippen molar-refractivity contribution in [2.45, 2.75) is 15.5 Å². The number of thiophene rings is 1. The number of hydrogen-bond donors (Lipinski definition) is 0. The van der Waals surface area contributed by atoms with E-state index in [0.717, 1.165) is 38.2 Å². The van der Waals surface area contributed by atoms with Crippen molar-refractivity contribution in [1.82, 2.24) is 0 Å². The van der Waals surface area contributed by atoms with Gasteiger partial charge in [-0.3, -0.25) is 4.79 Å². The molecule has 1 aliphatic heterocycles.